The maximum absolute atomic E-state index is 14.0. The summed E-state index contributed by atoms with van der Waals surface area (Å²) in [5, 5.41) is 15.1. The van der Waals surface area contributed by atoms with Crippen molar-refractivity contribution in [3.8, 4) is 10.4 Å². The van der Waals surface area contributed by atoms with Crippen LogP contribution < -0.4 is 5.32 Å². The van der Waals surface area contributed by atoms with Crippen LogP contribution in [0, 0.1) is 5.82 Å². The quantitative estimate of drug-likeness (QED) is 0.876. The largest absolute Gasteiger partial charge is 0.394 e. The third-order valence-corrected chi connectivity index (χ3v) is 5.25. The standard InChI is InChI=1S/C17H20FNOS/c18-15-6-5-13(10-14(15)16-4-3-9-21-16)11-19-17(12-20)7-1-2-8-17/h3-6,9-10,19-20H,1-2,7-8,11-12H2. The van der Waals surface area contributed by atoms with Crippen LogP contribution in [0.4, 0.5) is 4.39 Å². The molecule has 1 aromatic carbocycles. The molecule has 1 fully saturated rings. The average molecular weight is 305 g/mol. The average Bonchev–Trinajstić information content (AvgIpc) is 3.19. The highest BCUT2D eigenvalue weighted by Crippen LogP contribution is 2.31. The molecular weight excluding hydrogens is 285 g/mol. The monoisotopic (exact) mass is 305 g/mol. The number of rotatable bonds is 5. The smallest absolute Gasteiger partial charge is 0.131 e. The second-order valence-corrected chi connectivity index (χ2v) is 6.74. The molecule has 21 heavy (non-hydrogen) atoms. The summed E-state index contributed by atoms with van der Waals surface area (Å²) >= 11 is 1.55. The lowest BCUT2D eigenvalue weighted by molar-refractivity contribution is 0.163. The van der Waals surface area contributed by atoms with Crippen LogP contribution in [-0.2, 0) is 6.54 Å². The molecule has 1 aromatic heterocycles. The van der Waals surface area contributed by atoms with Crippen molar-refractivity contribution in [3.05, 3.63) is 47.1 Å². The Morgan fingerprint density at radius 1 is 1.24 bits per heavy atom. The molecule has 3 rings (SSSR count). The molecule has 2 aromatic rings. The minimum atomic E-state index is -0.182. The fourth-order valence-electron chi connectivity index (χ4n) is 3.04. The molecule has 1 aliphatic rings. The Morgan fingerprint density at radius 3 is 2.71 bits per heavy atom. The van der Waals surface area contributed by atoms with Gasteiger partial charge < -0.3 is 10.4 Å². The minimum Gasteiger partial charge on any atom is -0.394 e. The lowest BCUT2D eigenvalue weighted by Crippen LogP contribution is -2.45. The predicted molar refractivity (Wildman–Crippen MR) is 84.8 cm³/mol. The van der Waals surface area contributed by atoms with Gasteiger partial charge >= 0.3 is 0 Å². The molecule has 0 radical (unpaired) electrons. The van der Waals surface area contributed by atoms with Gasteiger partial charge in [0.05, 0.1) is 6.61 Å². The molecule has 0 unspecified atom stereocenters. The summed E-state index contributed by atoms with van der Waals surface area (Å²) in [5.41, 5.74) is 1.57. The number of halogens is 1. The zero-order valence-electron chi connectivity index (χ0n) is 11.9. The highest BCUT2D eigenvalue weighted by atomic mass is 32.1. The number of hydrogen-bond donors (Lipinski definition) is 2. The van der Waals surface area contributed by atoms with Crippen molar-refractivity contribution in [2.24, 2.45) is 0 Å². The van der Waals surface area contributed by atoms with Gasteiger partial charge in [0.15, 0.2) is 0 Å². The Kier molecular flexibility index (Phi) is 4.38. The molecule has 2 nitrogen and oxygen atoms in total. The van der Waals surface area contributed by atoms with Crippen molar-refractivity contribution < 1.29 is 9.50 Å². The summed E-state index contributed by atoms with van der Waals surface area (Å²) < 4.78 is 14.0. The van der Waals surface area contributed by atoms with E-state index < -0.39 is 0 Å². The van der Waals surface area contributed by atoms with E-state index in [0.717, 1.165) is 36.1 Å². The van der Waals surface area contributed by atoms with Crippen LogP contribution >= 0.6 is 11.3 Å². The van der Waals surface area contributed by atoms with E-state index in [4.69, 9.17) is 0 Å². The van der Waals surface area contributed by atoms with Gasteiger partial charge in [0.2, 0.25) is 0 Å². The zero-order valence-corrected chi connectivity index (χ0v) is 12.8. The Hall–Kier alpha value is -1.23. The topological polar surface area (TPSA) is 32.3 Å². The normalized spacial score (nSPS) is 17.2. The molecule has 1 aliphatic carbocycles. The number of hydrogen-bond acceptors (Lipinski definition) is 3. The minimum absolute atomic E-state index is 0.141. The van der Waals surface area contributed by atoms with E-state index in [0.29, 0.717) is 12.1 Å². The zero-order chi connectivity index (χ0) is 14.7. The first-order valence-corrected chi connectivity index (χ1v) is 8.29. The van der Waals surface area contributed by atoms with Gasteiger partial charge in [-0.25, -0.2) is 4.39 Å². The summed E-state index contributed by atoms with van der Waals surface area (Å²) in [6.07, 6.45) is 4.36. The van der Waals surface area contributed by atoms with E-state index in [1.807, 2.05) is 29.6 Å². The number of aliphatic hydroxyl groups excluding tert-OH is 1. The van der Waals surface area contributed by atoms with Crippen molar-refractivity contribution in [2.45, 2.75) is 37.8 Å². The van der Waals surface area contributed by atoms with Crippen molar-refractivity contribution in [1.82, 2.24) is 5.32 Å². The first-order valence-electron chi connectivity index (χ1n) is 7.41. The highest BCUT2D eigenvalue weighted by molar-refractivity contribution is 7.13. The van der Waals surface area contributed by atoms with Gasteiger partial charge in [0.1, 0.15) is 5.82 Å². The molecule has 112 valence electrons. The summed E-state index contributed by atoms with van der Waals surface area (Å²) in [7, 11) is 0. The van der Waals surface area contributed by atoms with Crippen LogP contribution in [0.5, 0.6) is 0 Å². The Bertz CT molecular complexity index is 591. The van der Waals surface area contributed by atoms with Gasteiger partial charge in [-0.3, -0.25) is 0 Å². The summed E-state index contributed by atoms with van der Waals surface area (Å²) in [5.74, 6) is -0.182. The molecule has 1 heterocycles. The van der Waals surface area contributed by atoms with Crippen molar-refractivity contribution in [2.75, 3.05) is 6.61 Å². The molecule has 1 saturated carbocycles. The highest BCUT2D eigenvalue weighted by Gasteiger charge is 2.32. The molecular formula is C17H20FNOS. The van der Waals surface area contributed by atoms with E-state index in [1.54, 1.807) is 11.3 Å². The van der Waals surface area contributed by atoms with Crippen LogP contribution in [0.2, 0.25) is 0 Å². The molecule has 0 amide bonds. The molecule has 0 atom stereocenters. The number of aliphatic hydroxyl groups is 1. The van der Waals surface area contributed by atoms with Gasteiger partial charge in [-0.15, -0.1) is 11.3 Å². The van der Waals surface area contributed by atoms with Crippen molar-refractivity contribution in [1.29, 1.82) is 0 Å². The van der Waals surface area contributed by atoms with E-state index >= 15 is 0 Å². The Balaban J connectivity index is 1.76. The predicted octanol–water partition coefficient (Wildman–Crippen LogP) is 3.95. The molecule has 0 bridgehead atoms. The molecule has 0 spiro atoms. The van der Waals surface area contributed by atoms with Crippen LogP contribution in [0.1, 0.15) is 31.2 Å². The number of nitrogens with one attached hydrogen (secondary N) is 1. The van der Waals surface area contributed by atoms with Crippen LogP contribution in [0.3, 0.4) is 0 Å². The van der Waals surface area contributed by atoms with Gasteiger partial charge in [-0.05, 0) is 42.0 Å². The fourth-order valence-corrected chi connectivity index (χ4v) is 3.78. The number of benzene rings is 1. The molecule has 4 heteroatoms. The second-order valence-electron chi connectivity index (χ2n) is 5.79. The summed E-state index contributed by atoms with van der Waals surface area (Å²) in [6.45, 7) is 0.838. The summed E-state index contributed by atoms with van der Waals surface area (Å²) in [6, 6.07) is 9.14. The van der Waals surface area contributed by atoms with Crippen LogP contribution in [-0.4, -0.2) is 17.3 Å². The Labute approximate surface area is 128 Å². The van der Waals surface area contributed by atoms with Gasteiger partial charge in [-0.1, -0.05) is 25.0 Å². The van der Waals surface area contributed by atoms with E-state index in [9.17, 15) is 9.50 Å². The maximum atomic E-state index is 14.0. The van der Waals surface area contributed by atoms with Gasteiger partial charge in [-0.2, -0.15) is 0 Å². The van der Waals surface area contributed by atoms with Gasteiger partial charge in [0.25, 0.3) is 0 Å². The van der Waals surface area contributed by atoms with Gasteiger partial charge in [0, 0.05) is 22.5 Å². The first kappa shape index (κ1) is 14.7. The lowest BCUT2D eigenvalue weighted by Gasteiger charge is -2.28. The number of thiophene rings is 1. The molecule has 0 saturated heterocycles. The molecule has 0 aliphatic heterocycles. The third kappa shape index (κ3) is 3.18. The fraction of sp³-hybridized carbons (Fsp3) is 0.412. The van der Waals surface area contributed by atoms with E-state index in [-0.39, 0.29) is 18.0 Å². The second kappa shape index (κ2) is 6.26. The lowest BCUT2D eigenvalue weighted by atomic mass is 9.98. The van der Waals surface area contributed by atoms with Crippen molar-refractivity contribution >= 4 is 11.3 Å². The Morgan fingerprint density at radius 2 is 2.05 bits per heavy atom. The van der Waals surface area contributed by atoms with E-state index in [1.165, 1.54) is 6.07 Å². The molecule has 2 N–H and O–H groups in total. The maximum Gasteiger partial charge on any atom is 0.131 e. The van der Waals surface area contributed by atoms with Crippen molar-refractivity contribution in [3.63, 3.8) is 0 Å². The van der Waals surface area contributed by atoms with E-state index in [2.05, 4.69) is 5.32 Å². The van der Waals surface area contributed by atoms with Crippen LogP contribution in [0.25, 0.3) is 10.4 Å². The summed E-state index contributed by atoms with van der Waals surface area (Å²) in [4.78, 5) is 0.951. The van der Waals surface area contributed by atoms with Crippen LogP contribution in [0.15, 0.2) is 35.7 Å². The SMILES string of the molecule is OCC1(NCc2ccc(F)c(-c3cccs3)c2)CCCC1. The third-order valence-electron chi connectivity index (χ3n) is 4.35. The first-order chi connectivity index (χ1) is 10.2.